The van der Waals surface area contributed by atoms with Gasteiger partial charge in [0.1, 0.15) is 22.5 Å². The van der Waals surface area contributed by atoms with Crippen molar-refractivity contribution in [1.29, 1.82) is 0 Å². The molecule has 0 saturated heterocycles. The number of hydrogen-bond donors (Lipinski definition) is 0. The largest absolute Gasteiger partial charge is 0.485 e. The van der Waals surface area contributed by atoms with E-state index in [9.17, 15) is 4.79 Å². The molecule has 0 fully saturated rings. The average Bonchev–Trinajstić information content (AvgIpc) is 3.18. The normalized spacial score (nSPS) is 16.1. The van der Waals surface area contributed by atoms with E-state index in [1.54, 1.807) is 34.9 Å². The number of carbonyl (C=O) groups excluding carboxylic acids is 1. The molecule has 1 aliphatic heterocycles. The highest BCUT2D eigenvalue weighted by Crippen LogP contribution is 2.40. The Labute approximate surface area is 159 Å². The maximum absolute atomic E-state index is 13.1. The topological polar surface area (TPSA) is 68.2 Å². The molecule has 1 atom stereocenters. The summed E-state index contributed by atoms with van der Waals surface area (Å²) in [6, 6.07) is 5.40. The molecule has 1 aromatic carbocycles. The van der Waals surface area contributed by atoms with E-state index in [1.165, 1.54) is 11.3 Å². The lowest BCUT2D eigenvalue weighted by Crippen LogP contribution is -2.43. The van der Waals surface area contributed by atoms with Crippen LogP contribution in [-0.4, -0.2) is 33.5 Å². The lowest BCUT2D eigenvalue weighted by molar-refractivity contribution is 0.0950. The lowest BCUT2D eigenvalue weighted by atomic mass is 10.1. The van der Waals surface area contributed by atoms with E-state index < -0.39 is 0 Å². The third kappa shape index (κ3) is 3.04. The molecule has 0 aliphatic carbocycles. The first-order chi connectivity index (χ1) is 12.7. The number of para-hydroxylation sites is 1. The Morgan fingerprint density at radius 2 is 2.31 bits per heavy atom. The molecule has 6 nitrogen and oxygen atoms in total. The van der Waals surface area contributed by atoms with Crippen LogP contribution in [0.3, 0.4) is 0 Å². The summed E-state index contributed by atoms with van der Waals surface area (Å²) < 4.78 is 5.94. The summed E-state index contributed by atoms with van der Waals surface area (Å²) in [5.74, 6) is 0.367. The lowest BCUT2D eigenvalue weighted by Gasteiger charge is -2.34. The van der Waals surface area contributed by atoms with E-state index in [0.29, 0.717) is 39.4 Å². The number of nitrogens with zero attached hydrogens (tertiary/aromatic N) is 4. The summed E-state index contributed by atoms with van der Waals surface area (Å²) in [6.07, 6.45) is 5.50. The summed E-state index contributed by atoms with van der Waals surface area (Å²) in [5.41, 5.74) is 1.69. The van der Waals surface area contributed by atoms with Crippen LogP contribution >= 0.6 is 22.9 Å². The van der Waals surface area contributed by atoms with E-state index in [1.807, 2.05) is 19.1 Å². The molecular weight excluding hydrogens is 372 g/mol. The summed E-state index contributed by atoms with van der Waals surface area (Å²) >= 11 is 7.64. The number of rotatable bonds is 3. The van der Waals surface area contributed by atoms with Gasteiger partial charge >= 0.3 is 0 Å². The maximum atomic E-state index is 13.1. The van der Waals surface area contributed by atoms with Crippen LogP contribution in [0.4, 0.5) is 5.69 Å². The van der Waals surface area contributed by atoms with Crippen LogP contribution in [0.15, 0.2) is 42.2 Å². The number of carbonyl (C=O) groups is 1. The highest BCUT2D eigenvalue weighted by molar-refractivity contribution is 7.13. The molecule has 4 rings (SSSR count). The van der Waals surface area contributed by atoms with Gasteiger partial charge in [-0.25, -0.2) is 4.98 Å². The van der Waals surface area contributed by atoms with Crippen molar-refractivity contribution in [3.05, 3.63) is 52.9 Å². The van der Waals surface area contributed by atoms with E-state index in [0.717, 1.165) is 6.42 Å². The van der Waals surface area contributed by atoms with Crippen molar-refractivity contribution in [3.63, 3.8) is 0 Å². The van der Waals surface area contributed by atoms with Crippen LogP contribution in [-0.2, 0) is 0 Å². The van der Waals surface area contributed by atoms with Crippen LogP contribution in [0.5, 0.6) is 5.75 Å². The van der Waals surface area contributed by atoms with Crippen molar-refractivity contribution < 1.29 is 9.53 Å². The Kier molecular flexibility index (Phi) is 4.57. The number of amides is 1. The molecule has 3 heterocycles. The van der Waals surface area contributed by atoms with E-state index in [-0.39, 0.29) is 12.0 Å². The number of ether oxygens (including phenoxy) is 1. The first-order valence-corrected chi connectivity index (χ1v) is 9.42. The molecule has 0 bridgehead atoms. The zero-order chi connectivity index (χ0) is 18.1. The molecule has 26 heavy (non-hydrogen) atoms. The van der Waals surface area contributed by atoms with Crippen molar-refractivity contribution in [3.8, 4) is 16.5 Å². The smallest absolute Gasteiger partial charge is 0.278 e. The molecule has 1 amide bonds. The number of halogens is 1. The fourth-order valence-corrected chi connectivity index (χ4v) is 3.74. The molecule has 8 heteroatoms. The summed E-state index contributed by atoms with van der Waals surface area (Å²) in [6.45, 7) is 2.48. The molecule has 0 saturated carbocycles. The fourth-order valence-electron chi connectivity index (χ4n) is 2.77. The highest BCUT2D eigenvalue weighted by atomic mass is 35.5. The summed E-state index contributed by atoms with van der Waals surface area (Å²) in [7, 11) is 0. The van der Waals surface area contributed by atoms with Crippen molar-refractivity contribution in [2.24, 2.45) is 0 Å². The van der Waals surface area contributed by atoms with Crippen LogP contribution in [0.2, 0.25) is 5.02 Å². The number of aromatic nitrogens is 3. The van der Waals surface area contributed by atoms with Gasteiger partial charge < -0.3 is 4.74 Å². The molecule has 132 valence electrons. The van der Waals surface area contributed by atoms with Gasteiger partial charge in [-0.1, -0.05) is 24.6 Å². The number of benzene rings is 1. The van der Waals surface area contributed by atoms with Crippen LogP contribution < -0.4 is 9.64 Å². The quantitative estimate of drug-likeness (QED) is 0.678. The van der Waals surface area contributed by atoms with Gasteiger partial charge in [0.15, 0.2) is 5.75 Å². The number of thiazole rings is 1. The Morgan fingerprint density at radius 1 is 1.42 bits per heavy atom. The predicted octanol–water partition coefficient (Wildman–Crippen LogP) is 4.07. The Bertz CT molecular complexity index is 947. The van der Waals surface area contributed by atoms with Crippen molar-refractivity contribution in [2.75, 3.05) is 11.4 Å². The van der Waals surface area contributed by atoms with Gasteiger partial charge in [-0.2, -0.15) is 0 Å². The van der Waals surface area contributed by atoms with Crippen LogP contribution in [0.1, 0.15) is 23.8 Å². The molecule has 0 spiro atoms. The van der Waals surface area contributed by atoms with Crippen molar-refractivity contribution in [1.82, 2.24) is 15.0 Å². The minimum absolute atomic E-state index is 0.107. The van der Waals surface area contributed by atoms with Gasteiger partial charge in [0.05, 0.1) is 23.5 Å². The van der Waals surface area contributed by atoms with Gasteiger partial charge in [0.2, 0.25) is 0 Å². The van der Waals surface area contributed by atoms with Crippen LogP contribution in [0, 0.1) is 0 Å². The first kappa shape index (κ1) is 16.9. The zero-order valence-electron chi connectivity index (χ0n) is 13.9. The van der Waals surface area contributed by atoms with E-state index >= 15 is 0 Å². The molecular formula is C18H15ClN4O2S. The van der Waals surface area contributed by atoms with Gasteiger partial charge in [0.25, 0.3) is 5.91 Å². The molecule has 3 aromatic rings. The minimum atomic E-state index is -0.179. The van der Waals surface area contributed by atoms with Gasteiger partial charge in [-0.05, 0) is 18.6 Å². The fraction of sp³-hybridized carbons (Fsp3) is 0.222. The number of anilines is 1. The van der Waals surface area contributed by atoms with Crippen LogP contribution in [0.25, 0.3) is 10.7 Å². The standard InChI is InChI=1S/C18H15ClN4O2S/c1-2-11-9-23(15-5-3-4-12(19)16(15)25-11)18(24)14-10-26-17(22-14)13-8-20-6-7-21-13/h3-8,10-11H,2,9H2,1H3. The minimum Gasteiger partial charge on any atom is -0.485 e. The zero-order valence-corrected chi connectivity index (χ0v) is 15.5. The molecule has 1 unspecified atom stereocenters. The van der Waals surface area contributed by atoms with Crippen molar-refractivity contribution >= 4 is 34.5 Å². The highest BCUT2D eigenvalue weighted by Gasteiger charge is 2.32. The Morgan fingerprint density at radius 3 is 3.08 bits per heavy atom. The van der Waals surface area contributed by atoms with Gasteiger partial charge in [0, 0.05) is 17.8 Å². The number of fused-ring (bicyclic) bond motifs is 1. The second-order valence-corrected chi connectivity index (χ2v) is 7.05. The summed E-state index contributed by atoms with van der Waals surface area (Å²) in [4.78, 5) is 27.5. The average molecular weight is 387 g/mol. The van der Waals surface area contributed by atoms with Gasteiger partial charge in [-0.3, -0.25) is 19.7 Å². The third-order valence-electron chi connectivity index (χ3n) is 4.11. The second-order valence-electron chi connectivity index (χ2n) is 5.78. The predicted molar refractivity (Wildman–Crippen MR) is 101 cm³/mol. The van der Waals surface area contributed by atoms with E-state index in [2.05, 4.69) is 15.0 Å². The van der Waals surface area contributed by atoms with Gasteiger partial charge in [-0.15, -0.1) is 11.3 Å². The second kappa shape index (κ2) is 7.01. The number of hydrogen-bond acceptors (Lipinski definition) is 6. The SMILES string of the molecule is CCC1CN(C(=O)c2csc(-c3cnccn3)n2)c2cccc(Cl)c2O1. The monoisotopic (exact) mass is 386 g/mol. The molecule has 0 radical (unpaired) electrons. The molecule has 2 aromatic heterocycles. The Balaban J connectivity index is 1.68. The maximum Gasteiger partial charge on any atom is 0.278 e. The molecule has 1 aliphatic rings. The molecule has 0 N–H and O–H groups in total. The van der Waals surface area contributed by atoms with Crippen molar-refractivity contribution in [2.45, 2.75) is 19.4 Å². The Hall–Kier alpha value is -2.51. The first-order valence-electron chi connectivity index (χ1n) is 8.16. The van der Waals surface area contributed by atoms with E-state index in [4.69, 9.17) is 16.3 Å². The third-order valence-corrected chi connectivity index (χ3v) is 5.28. The summed E-state index contributed by atoms with van der Waals surface area (Å²) in [5, 5.41) is 2.90.